The van der Waals surface area contributed by atoms with Crippen LogP contribution in [0.1, 0.15) is 19.4 Å². The summed E-state index contributed by atoms with van der Waals surface area (Å²) >= 11 is 5.76. The molecule has 0 aromatic heterocycles. The van der Waals surface area contributed by atoms with Crippen LogP contribution in [-0.2, 0) is 16.0 Å². The Kier molecular flexibility index (Phi) is 5.80. The van der Waals surface area contributed by atoms with Crippen molar-refractivity contribution in [2.24, 2.45) is 5.41 Å². The Morgan fingerprint density at radius 3 is 1.94 bits per heavy atom. The molecule has 2 aliphatic heterocycles. The number of hydrogen-bond donors (Lipinski definition) is 0. The molecule has 1 fully saturated rings. The summed E-state index contributed by atoms with van der Waals surface area (Å²) in [5.74, 6) is -0.863. The van der Waals surface area contributed by atoms with Gasteiger partial charge in [-0.25, -0.2) is 0 Å². The fourth-order valence-corrected chi connectivity index (χ4v) is 5.73. The smallest absolute Gasteiger partial charge is 0.269 e. The Hall–Kier alpha value is -4.11. The van der Waals surface area contributed by atoms with Crippen molar-refractivity contribution in [3.8, 4) is 0 Å². The van der Waals surface area contributed by atoms with Gasteiger partial charge in [-0.15, -0.1) is 0 Å². The minimum Gasteiger partial charge on any atom is -0.367 e. The molecule has 9 heteroatoms. The highest BCUT2D eigenvalue weighted by molar-refractivity contribution is 7.81. The number of carbonyl (C=O) groups is 2. The average Bonchev–Trinajstić information content (AvgIpc) is 2.89. The number of benzene rings is 3. The van der Waals surface area contributed by atoms with Gasteiger partial charge < -0.3 is 4.90 Å². The second-order valence-corrected chi connectivity index (χ2v) is 9.28. The summed E-state index contributed by atoms with van der Waals surface area (Å²) < 4.78 is 0. The van der Waals surface area contributed by atoms with E-state index in [4.69, 9.17) is 12.2 Å². The van der Waals surface area contributed by atoms with Gasteiger partial charge >= 0.3 is 0 Å². The van der Waals surface area contributed by atoms with Crippen molar-refractivity contribution >= 4 is 51.9 Å². The molecule has 8 nitrogen and oxygen atoms in total. The van der Waals surface area contributed by atoms with Crippen molar-refractivity contribution in [3.63, 3.8) is 0 Å². The van der Waals surface area contributed by atoms with E-state index in [1.54, 1.807) is 30.3 Å². The van der Waals surface area contributed by atoms with E-state index in [-0.39, 0.29) is 17.2 Å². The first-order valence-electron chi connectivity index (χ1n) is 11.7. The van der Waals surface area contributed by atoms with Crippen molar-refractivity contribution in [2.75, 3.05) is 21.2 Å². The molecule has 0 N–H and O–H groups in total. The number of anilines is 3. The summed E-state index contributed by atoms with van der Waals surface area (Å²) in [5.41, 5.74) is 0.847. The number of nitrogens with zero attached hydrogens (tertiary/aromatic N) is 4. The summed E-state index contributed by atoms with van der Waals surface area (Å²) in [6.45, 7) is 4.31. The molecule has 3 aromatic carbocycles. The van der Waals surface area contributed by atoms with Crippen LogP contribution >= 0.6 is 12.2 Å². The molecule has 2 aliphatic rings. The van der Waals surface area contributed by atoms with Crippen molar-refractivity contribution in [2.45, 2.75) is 26.3 Å². The molecule has 36 heavy (non-hydrogen) atoms. The number of non-ortho nitro benzene ring substituents is 1. The standard InChI is InChI=1S/C27H24N4O4S/c1-3-28-18(2)27(17-19-16-22(31(34)35)14-15-23(19)28)24(32)29(20-10-6-4-7-11-20)26(36)30(25(27)33)21-12-8-5-9-13-21/h4-16,18H,3,17H2,1-2H3/t18-/m1/s1. The van der Waals surface area contributed by atoms with Gasteiger partial charge in [-0.1, -0.05) is 36.4 Å². The number of amides is 2. The lowest BCUT2D eigenvalue weighted by molar-refractivity contribution is -0.384. The Bertz CT molecular complexity index is 1320. The summed E-state index contributed by atoms with van der Waals surface area (Å²) in [6, 6.07) is 22.1. The van der Waals surface area contributed by atoms with Gasteiger partial charge in [-0.05, 0) is 62.0 Å². The molecule has 2 heterocycles. The Morgan fingerprint density at radius 1 is 0.944 bits per heavy atom. The van der Waals surface area contributed by atoms with E-state index in [1.165, 1.54) is 21.9 Å². The second kappa shape index (κ2) is 8.83. The number of fused-ring (bicyclic) bond motifs is 1. The van der Waals surface area contributed by atoms with Crippen LogP contribution < -0.4 is 14.7 Å². The molecule has 1 saturated heterocycles. The maximum Gasteiger partial charge on any atom is 0.269 e. The van der Waals surface area contributed by atoms with Gasteiger partial charge in [0.1, 0.15) is 0 Å². The Labute approximate surface area is 213 Å². The molecule has 2 amide bonds. The van der Waals surface area contributed by atoms with E-state index in [2.05, 4.69) is 0 Å². The van der Waals surface area contributed by atoms with Gasteiger partial charge in [0, 0.05) is 36.8 Å². The first-order valence-corrected chi connectivity index (χ1v) is 12.1. The number of rotatable bonds is 4. The van der Waals surface area contributed by atoms with Crippen LogP contribution in [0, 0.1) is 15.5 Å². The Balaban J connectivity index is 1.75. The number of nitro groups is 1. The van der Waals surface area contributed by atoms with Crippen LogP contribution in [0.2, 0.25) is 0 Å². The van der Waals surface area contributed by atoms with Crippen molar-refractivity contribution in [1.82, 2.24) is 0 Å². The maximum absolute atomic E-state index is 14.4. The van der Waals surface area contributed by atoms with Crippen molar-refractivity contribution in [3.05, 3.63) is 94.5 Å². The van der Waals surface area contributed by atoms with Crippen LogP contribution in [0.4, 0.5) is 22.7 Å². The highest BCUT2D eigenvalue weighted by Crippen LogP contribution is 2.48. The molecule has 1 spiro atoms. The average molecular weight is 501 g/mol. The van der Waals surface area contributed by atoms with Gasteiger partial charge in [0.05, 0.1) is 16.3 Å². The molecule has 0 unspecified atom stereocenters. The fraction of sp³-hybridized carbons (Fsp3) is 0.222. The highest BCUT2D eigenvalue weighted by atomic mass is 32.1. The minimum atomic E-state index is -1.55. The molecule has 0 bridgehead atoms. The summed E-state index contributed by atoms with van der Waals surface area (Å²) in [6.07, 6.45) is 0.0224. The zero-order valence-electron chi connectivity index (χ0n) is 19.8. The van der Waals surface area contributed by atoms with E-state index in [9.17, 15) is 19.7 Å². The monoisotopic (exact) mass is 500 g/mol. The largest absolute Gasteiger partial charge is 0.367 e. The van der Waals surface area contributed by atoms with E-state index in [0.717, 1.165) is 5.69 Å². The zero-order valence-corrected chi connectivity index (χ0v) is 20.6. The fourth-order valence-electron chi connectivity index (χ4n) is 5.36. The molecular formula is C27H24N4O4S. The molecule has 182 valence electrons. The van der Waals surface area contributed by atoms with Gasteiger partial charge in [0.2, 0.25) is 0 Å². The predicted octanol–water partition coefficient (Wildman–Crippen LogP) is 4.72. The third kappa shape index (κ3) is 3.38. The molecule has 0 saturated carbocycles. The van der Waals surface area contributed by atoms with Crippen molar-refractivity contribution < 1.29 is 14.5 Å². The SMILES string of the molecule is CCN1c2ccc([N+](=O)[O-])cc2CC2(C(=O)N(c3ccccc3)C(=S)N(c3ccccc3)C2=O)[C@H]1C. The molecule has 1 atom stereocenters. The quantitative estimate of drug-likeness (QED) is 0.223. The third-order valence-electron chi connectivity index (χ3n) is 7.15. The van der Waals surface area contributed by atoms with E-state index in [0.29, 0.717) is 23.5 Å². The number of thiocarbonyl (C=S) groups is 1. The summed E-state index contributed by atoms with van der Waals surface area (Å²) in [5, 5.41) is 11.6. The van der Waals surface area contributed by atoms with E-state index >= 15 is 0 Å². The van der Waals surface area contributed by atoms with Crippen LogP contribution in [0.3, 0.4) is 0 Å². The van der Waals surface area contributed by atoms with E-state index in [1.807, 2.05) is 55.1 Å². The first-order chi connectivity index (χ1) is 17.3. The summed E-state index contributed by atoms with van der Waals surface area (Å²) in [4.78, 5) is 44.8. The normalized spacial score (nSPS) is 19.0. The van der Waals surface area contributed by atoms with Gasteiger partial charge in [-0.3, -0.25) is 29.5 Å². The van der Waals surface area contributed by atoms with Gasteiger partial charge in [0.25, 0.3) is 17.5 Å². The van der Waals surface area contributed by atoms with Gasteiger partial charge in [-0.2, -0.15) is 0 Å². The molecule has 3 aromatic rings. The third-order valence-corrected chi connectivity index (χ3v) is 7.52. The van der Waals surface area contributed by atoms with Crippen LogP contribution in [-0.4, -0.2) is 34.4 Å². The van der Waals surface area contributed by atoms with Crippen LogP contribution in [0.25, 0.3) is 0 Å². The topological polar surface area (TPSA) is 87.0 Å². The van der Waals surface area contributed by atoms with Crippen molar-refractivity contribution in [1.29, 1.82) is 0 Å². The number of hydrogen-bond acceptors (Lipinski definition) is 6. The minimum absolute atomic E-state index is 0.0224. The lowest BCUT2D eigenvalue weighted by Gasteiger charge is -2.53. The highest BCUT2D eigenvalue weighted by Gasteiger charge is 2.62. The Morgan fingerprint density at radius 2 is 1.47 bits per heavy atom. The summed E-state index contributed by atoms with van der Waals surface area (Å²) in [7, 11) is 0. The van der Waals surface area contributed by atoms with Gasteiger partial charge in [0.15, 0.2) is 10.5 Å². The lowest BCUT2D eigenvalue weighted by atomic mass is 9.68. The molecule has 0 aliphatic carbocycles. The molecule has 5 rings (SSSR count). The maximum atomic E-state index is 14.4. The zero-order chi connectivity index (χ0) is 25.6. The number of para-hydroxylation sites is 2. The lowest BCUT2D eigenvalue weighted by Crippen LogP contribution is -2.72. The molecule has 0 radical (unpaired) electrons. The van der Waals surface area contributed by atoms with Crippen LogP contribution in [0.15, 0.2) is 78.9 Å². The second-order valence-electron chi connectivity index (χ2n) is 8.92. The number of nitro benzene ring substituents is 1. The van der Waals surface area contributed by atoms with Crippen LogP contribution in [0.5, 0.6) is 0 Å². The number of carbonyl (C=O) groups excluding carboxylic acids is 2. The predicted molar refractivity (Wildman–Crippen MR) is 142 cm³/mol. The molecular weight excluding hydrogens is 476 g/mol. The first kappa shape index (κ1) is 23.6. The van der Waals surface area contributed by atoms with E-state index < -0.39 is 28.2 Å².